The van der Waals surface area contributed by atoms with Crippen LogP contribution in [0.15, 0.2) is 23.0 Å². The molecular formula is C11H13ClN2O. The Bertz CT molecular complexity index is 442. The van der Waals surface area contributed by atoms with Gasteiger partial charge in [-0.15, -0.1) is 0 Å². The highest BCUT2D eigenvalue weighted by atomic mass is 35.5. The number of allylic oxidation sites excluding steroid dienone is 2. The molecule has 15 heavy (non-hydrogen) atoms. The van der Waals surface area contributed by atoms with Gasteiger partial charge < -0.3 is 0 Å². The van der Waals surface area contributed by atoms with Gasteiger partial charge in [0, 0.05) is 12.6 Å². The third-order valence-electron chi connectivity index (χ3n) is 2.71. The third kappa shape index (κ3) is 2.29. The molecule has 0 atom stereocenters. The van der Waals surface area contributed by atoms with Crippen LogP contribution in [0.3, 0.4) is 0 Å². The van der Waals surface area contributed by atoms with E-state index in [4.69, 9.17) is 11.6 Å². The van der Waals surface area contributed by atoms with Crippen molar-refractivity contribution in [3.8, 4) is 0 Å². The topological polar surface area (TPSA) is 34.9 Å². The molecule has 0 aromatic carbocycles. The minimum Gasteiger partial charge on any atom is -0.297 e. The highest BCUT2D eigenvalue weighted by molar-refractivity contribution is 6.29. The third-order valence-corrected chi connectivity index (χ3v) is 2.91. The number of aromatic nitrogens is 2. The zero-order valence-corrected chi connectivity index (χ0v) is 9.37. The number of nitrogens with zero attached hydrogens (tertiary/aromatic N) is 2. The Balaban J connectivity index is 2.24. The van der Waals surface area contributed by atoms with E-state index >= 15 is 0 Å². The van der Waals surface area contributed by atoms with Crippen molar-refractivity contribution in [2.45, 2.75) is 26.3 Å². The average molecular weight is 225 g/mol. The molecule has 3 nitrogen and oxygen atoms in total. The maximum absolute atomic E-state index is 11.7. The molecule has 0 bridgehead atoms. The zero-order chi connectivity index (χ0) is 10.8. The Kier molecular flexibility index (Phi) is 2.91. The highest BCUT2D eigenvalue weighted by Gasteiger charge is 2.13. The van der Waals surface area contributed by atoms with Crippen molar-refractivity contribution >= 4 is 11.6 Å². The first-order valence-electron chi connectivity index (χ1n) is 5.06. The van der Waals surface area contributed by atoms with Crippen molar-refractivity contribution < 1.29 is 0 Å². The average Bonchev–Trinajstić information content (AvgIpc) is 2.63. The van der Waals surface area contributed by atoms with Crippen LogP contribution in [0.2, 0.25) is 5.15 Å². The van der Waals surface area contributed by atoms with Gasteiger partial charge in [0.25, 0.3) is 5.56 Å². The molecule has 0 N–H and O–H groups in total. The van der Waals surface area contributed by atoms with Crippen molar-refractivity contribution in [1.82, 2.24) is 9.55 Å². The van der Waals surface area contributed by atoms with Crippen LogP contribution in [0.1, 0.15) is 18.7 Å². The second-order valence-corrected chi connectivity index (χ2v) is 4.27. The molecule has 1 aromatic rings. The number of hydrogen-bond acceptors (Lipinski definition) is 2. The summed E-state index contributed by atoms with van der Waals surface area (Å²) in [6.45, 7) is 2.55. The van der Waals surface area contributed by atoms with Crippen LogP contribution in [0.4, 0.5) is 0 Å². The molecule has 1 aliphatic rings. The normalized spacial score (nSPS) is 16.1. The van der Waals surface area contributed by atoms with E-state index in [2.05, 4.69) is 17.1 Å². The number of aryl methyl sites for hydroxylation is 1. The maximum Gasteiger partial charge on any atom is 0.254 e. The fourth-order valence-corrected chi connectivity index (χ4v) is 2.11. The van der Waals surface area contributed by atoms with E-state index in [9.17, 15) is 4.79 Å². The zero-order valence-electron chi connectivity index (χ0n) is 8.61. The van der Waals surface area contributed by atoms with Gasteiger partial charge in [-0.2, -0.15) is 0 Å². The van der Waals surface area contributed by atoms with Crippen molar-refractivity contribution in [3.63, 3.8) is 0 Å². The molecule has 2 rings (SSSR count). The van der Waals surface area contributed by atoms with Crippen LogP contribution < -0.4 is 5.56 Å². The molecule has 1 heterocycles. The summed E-state index contributed by atoms with van der Waals surface area (Å²) < 4.78 is 1.70. The number of rotatable bonds is 2. The molecule has 80 valence electrons. The fraction of sp³-hybridized carbons (Fsp3) is 0.455. The summed E-state index contributed by atoms with van der Waals surface area (Å²) in [6.07, 6.45) is 6.42. The van der Waals surface area contributed by atoms with E-state index < -0.39 is 0 Å². The highest BCUT2D eigenvalue weighted by Crippen LogP contribution is 2.19. The quantitative estimate of drug-likeness (QED) is 0.570. The lowest BCUT2D eigenvalue weighted by Gasteiger charge is -2.13. The number of hydrogen-bond donors (Lipinski definition) is 0. The van der Waals surface area contributed by atoms with Gasteiger partial charge in [0.15, 0.2) is 0 Å². The Morgan fingerprint density at radius 1 is 1.53 bits per heavy atom. The Hall–Kier alpha value is -1.09. The molecule has 1 aliphatic carbocycles. The number of halogens is 1. The SMILES string of the molecule is Cc1nc(Cl)cc(=O)n1CC1CC=CC1. The molecule has 0 saturated heterocycles. The van der Waals surface area contributed by atoms with Gasteiger partial charge in [0.05, 0.1) is 0 Å². The van der Waals surface area contributed by atoms with Gasteiger partial charge in [-0.1, -0.05) is 23.8 Å². The van der Waals surface area contributed by atoms with Gasteiger partial charge in [-0.05, 0) is 25.7 Å². The minimum atomic E-state index is -0.0561. The standard InChI is InChI=1S/C11H13ClN2O/c1-8-13-10(12)6-11(15)14(8)7-9-4-2-3-5-9/h2-3,6,9H,4-5,7H2,1H3. The fourth-order valence-electron chi connectivity index (χ4n) is 1.89. The van der Waals surface area contributed by atoms with Crippen molar-refractivity contribution in [3.05, 3.63) is 39.5 Å². The molecule has 0 unspecified atom stereocenters. The van der Waals surface area contributed by atoms with Gasteiger partial charge in [0.2, 0.25) is 0 Å². The van der Waals surface area contributed by atoms with E-state index in [-0.39, 0.29) is 10.7 Å². The molecule has 0 fully saturated rings. The first kappa shape index (κ1) is 10.4. The van der Waals surface area contributed by atoms with E-state index in [1.807, 2.05) is 6.92 Å². The van der Waals surface area contributed by atoms with E-state index in [1.165, 1.54) is 6.07 Å². The Morgan fingerprint density at radius 2 is 2.20 bits per heavy atom. The molecule has 0 aliphatic heterocycles. The van der Waals surface area contributed by atoms with Crippen molar-refractivity contribution in [2.24, 2.45) is 5.92 Å². The van der Waals surface area contributed by atoms with Crippen molar-refractivity contribution in [1.29, 1.82) is 0 Å². The monoisotopic (exact) mass is 224 g/mol. The van der Waals surface area contributed by atoms with Crippen LogP contribution in [0.25, 0.3) is 0 Å². The summed E-state index contributed by atoms with van der Waals surface area (Å²) in [5, 5.41) is 0.276. The van der Waals surface area contributed by atoms with E-state index in [0.717, 1.165) is 19.4 Å². The first-order chi connectivity index (χ1) is 7.16. The Labute approximate surface area is 93.4 Å². The predicted molar refractivity (Wildman–Crippen MR) is 60.1 cm³/mol. The summed E-state index contributed by atoms with van der Waals surface area (Å²) in [5.41, 5.74) is -0.0561. The summed E-state index contributed by atoms with van der Waals surface area (Å²) >= 11 is 5.70. The molecule has 4 heteroatoms. The smallest absolute Gasteiger partial charge is 0.254 e. The van der Waals surface area contributed by atoms with Gasteiger partial charge in [-0.25, -0.2) is 4.98 Å². The molecule has 1 aromatic heterocycles. The molecule has 0 radical (unpaired) electrons. The van der Waals surface area contributed by atoms with Gasteiger partial charge in [0.1, 0.15) is 11.0 Å². The Morgan fingerprint density at radius 3 is 2.80 bits per heavy atom. The van der Waals surface area contributed by atoms with Crippen LogP contribution >= 0.6 is 11.6 Å². The van der Waals surface area contributed by atoms with Crippen LogP contribution in [0.5, 0.6) is 0 Å². The molecule has 0 spiro atoms. The predicted octanol–water partition coefficient (Wildman–Crippen LogP) is 2.17. The minimum absolute atomic E-state index is 0.0561. The van der Waals surface area contributed by atoms with Crippen LogP contribution in [0, 0.1) is 12.8 Å². The van der Waals surface area contributed by atoms with Gasteiger partial charge >= 0.3 is 0 Å². The lowest BCUT2D eigenvalue weighted by atomic mass is 10.1. The molecule has 0 amide bonds. The second-order valence-electron chi connectivity index (χ2n) is 3.88. The second kappa shape index (κ2) is 4.19. The summed E-state index contributed by atoms with van der Waals surface area (Å²) in [6, 6.07) is 1.37. The molecular weight excluding hydrogens is 212 g/mol. The lowest BCUT2D eigenvalue weighted by molar-refractivity contribution is 0.450. The summed E-state index contributed by atoms with van der Waals surface area (Å²) in [5.74, 6) is 1.23. The van der Waals surface area contributed by atoms with Crippen molar-refractivity contribution in [2.75, 3.05) is 0 Å². The summed E-state index contributed by atoms with van der Waals surface area (Å²) in [7, 11) is 0. The van der Waals surface area contributed by atoms with E-state index in [0.29, 0.717) is 11.7 Å². The maximum atomic E-state index is 11.7. The largest absolute Gasteiger partial charge is 0.297 e. The van der Waals surface area contributed by atoms with Gasteiger partial charge in [-0.3, -0.25) is 9.36 Å². The first-order valence-corrected chi connectivity index (χ1v) is 5.43. The van der Waals surface area contributed by atoms with Crippen LogP contribution in [-0.2, 0) is 6.54 Å². The summed E-state index contributed by atoms with van der Waals surface area (Å²) in [4.78, 5) is 15.8. The van der Waals surface area contributed by atoms with E-state index in [1.54, 1.807) is 4.57 Å². The lowest BCUT2D eigenvalue weighted by Crippen LogP contribution is -2.25. The molecule has 0 saturated carbocycles. The van der Waals surface area contributed by atoms with Crippen LogP contribution in [-0.4, -0.2) is 9.55 Å².